The Hall–Kier alpha value is -1.49. The van der Waals surface area contributed by atoms with Gasteiger partial charge in [0.1, 0.15) is 11.6 Å². The van der Waals surface area contributed by atoms with Crippen molar-refractivity contribution in [1.29, 1.82) is 0 Å². The highest BCUT2D eigenvalue weighted by Gasteiger charge is 2.09. The first-order valence-corrected chi connectivity index (χ1v) is 7.79. The summed E-state index contributed by atoms with van der Waals surface area (Å²) in [5.41, 5.74) is 2.82. The quantitative estimate of drug-likeness (QED) is 0.646. The summed E-state index contributed by atoms with van der Waals surface area (Å²) in [6.45, 7) is -0.915. The van der Waals surface area contributed by atoms with Crippen LogP contribution >= 0.6 is 15.9 Å². The molecule has 0 amide bonds. The minimum Gasteiger partial charge on any atom is -0.435 e. The first-order chi connectivity index (χ1) is 10.5. The molecule has 0 aliphatic carbocycles. The Morgan fingerprint density at radius 2 is 1.68 bits per heavy atom. The molecule has 0 fully saturated rings. The van der Waals surface area contributed by atoms with E-state index in [2.05, 4.69) is 20.7 Å². The number of rotatable bonds is 6. The molecule has 2 rings (SSSR count). The van der Waals surface area contributed by atoms with Crippen molar-refractivity contribution in [3.8, 4) is 5.75 Å². The van der Waals surface area contributed by atoms with Crippen molar-refractivity contribution >= 4 is 15.9 Å². The summed E-state index contributed by atoms with van der Waals surface area (Å²) >= 11 is 3.16. The number of aryl methyl sites for hydroxylation is 3. The molecule has 0 bridgehead atoms. The van der Waals surface area contributed by atoms with E-state index in [1.54, 1.807) is 24.3 Å². The van der Waals surface area contributed by atoms with E-state index in [1.165, 1.54) is 6.07 Å². The minimum atomic E-state index is -2.81. The fraction of sp³-hybridized carbons (Fsp3) is 0.294. The molecule has 0 N–H and O–H groups in total. The Labute approximate surface area is 136 Å². The van der Waals surface area contributed by atoms with Crippen LogP contribution in [0.2, 0.25) is 0 Å². The molecule has 22 heavy (non-hydrogen) atoms. The van der Waals surface area contributed by atoms with Gasteiger partial charge in [0.25, 0.3) is 0 Å². The van der Waals surface area contributed by atoms with E-state index < -0.39 is 6.61 Å². The molecular weight excluding hydrogens is 357 g/mol. The third-order valence-corrected chi connectivity index (χ3v) is 4.02. The van der Waals surface area contributed by atoms with Gasteiger partial charge in [0, 0.05) is 0 Å². The van der Waals surface area contributed by atoms with E-state index in [9.17, 15) is 13.2 Å². The van der Waals surface area contributed by atoms with Crippen LogP contribution in [0, 0.1) is 5.82 Å². The second-order valence-corrected chi connectivity index (χ2v) is 5.78. The molecule has 0 spiro atoms. The van der Waals surface area contributed by atoms with Crippen molar-refractivity contribution in [2.75, 3.05) is 0 Å². The molecular formula is C17H16BrF3O. The van der Waals surface area contributed by atoms with Crippen LogP contribution < -0.4 is 4.74 Å². The lowest BCUT2D eigenvalue weighted by Gasteiger charge is -2.11. The molecule has 0 unspecified atom stereocenters. The second-order valence-electron chi connectivity index (χ2n) is 4.92. The van der Waals surface area contributed by atoms with E-state index in [0.717, 1.165) is 29.5 Å². The maximum absolute atomic E-state index is 13.2. The summed E-state index contributed by atoms with van der Waals surface area (Å²) in [5, 5.41) is 0. The lowest BCUT2D eigenvalue weighted by atomic mass is 10.0. The predicted molar refractivity (Wildman–Crippen MR) is 84.0 cm³/mol. The molecule has 1 nitrogen and oxygen atoms in total. The summed E-state index contributed by atoms with van der Waals surface area (Å²) in [4.78, 5) is 0. The van der Waals surface area contributed by atoms with Crippen LogP contribution in [0.3, 0.4) is 0 Å². The van der Waals surface area contributed by atoms with Crippen molar-refractivity contribution in [1.82, 2.24) is 0 Å². The van der Waals surface area contributed by atoms with Crippen molar-refractivity contribution in [3.05, 3.63) is 63.4 Å². The van der Waals surface area contributed by atoms with E-state index in [4.69, 9.17) is 0 Å². The van der Waals surface area contributed by atoms with Crippen LogP contribution in [0.4, 0.5) is 13.2 Å². The molecule has 0 aliphatic rings. The average Bonchev–Trinajstić information content (AvgIpc) is 2.49. The maximum atomic E-state index is 13.2. The zero-order chi connectivity index (χ0) is 16.1. The van der Waals surface area contributed by atoms with Crippen molar-refractivity contribution in [2.24, 2.45) is 0 Å². The zero-order valence-electron chi connectivity index (χ0n) is 12.1. The lowest BCUT2D eigenvalue weighted by molar-refractivity contribution is -0.0504. The van der Waals surface area contributed by atoms with Gasteiger partial charge in [-0.1, -0.05) is 25.1 Å². The number of benzene rings is 2. The number of halogens is 4. The highest BCUT2D eigenvalue weighted by atomic mass is 79.9. The Morgan fingerprint density at radius 3 is 2.27 bits per heavy atom. The number of alkyl halides is 2. The highest BCUT2D eigenvalue weighted by molar-refractivity contribution is 9.10. The Bertz CT molecular complexity index is 644. The molecule has 0 radical (unpaired) electrons. The van der Waals surface area contributed by atoms with Gasteiger partial charge in [-0.3, -0.25) is 0 Å². The molecule has 118 valence electrons. The molecule has 0 saturated carbocycles. The largest absolute Gasteiger partial charge is 0.435 e. The van der Waals surface area contributed by atoms with Crippen LogP contribution in [-0.4, -0.2) is 6.61 Å². The number of ether oxygens (including phenoxy) is 1. The van der Waals surface area contributed by atoms with Gasteiger partial charge in [-0.25, -0.2) is 4.39 Å². The Balaban J connectivity index is 2.08. The van der Waals surface area contributed by atoms with Crippen LogP contribution in [0.5, 0.6) is 5.75 Å². The minimum absolute atomic E-state index is 0.228. The summed E-state index contributed by atoms with van der Waals surface area (Å²) < 4.78 is 42.8. The van der Waals surface area contributed by atoms with Crippen LogP contribution in [0.1, 0.15) is 23.6 Å². The van der Waals surface area contributed by atoms with Gasteiger partial charge >= 0.3 is 6.61 Å². The highest BCUT2D eigenvalue weighted by Crippen LogP contribution is 2.24. The summed E-state index contributed by atoms with van der Waals surface area (Å²) in [6.07, 6.45) is 2.12. The van der Waals surface area contributed by atoms with Gasteiger partial charge in [-0.15, -0.1) is 0 Å². The second kappa shape index (κ2) is 7.68. The van der Waals surface area contributed by atoms with Crippen molar-refractivity contribution < 1.29 is 17.9 Å². The van der Waals surface area contributed by atoms with E-state index in [-0.39, 0.29) is 11.6 Å². The average molecular weight is 373 g/mol. The van der Waals surface area contributed by atoms with Gasteiger partial charge in [0.2, 0.25) is 0 Å². The lowest BCUT2D eigenvalue weighted by Crippen LogP contribution is -2.05. The summed E-state index contributed by atoms with van der Waals surface area (Å²) in [6, 6.07) is 10.2. The third kappa shape index (κ3) is 4.50. The number of hydrogen-bond acceptors (Lipinski definition) is 1. The first-order valence-electron chi connectivity index (χ1n) is 7.00. The summed E-state index contributed by atoms with van der Waals surface area (Å²) in [5.74, 6) is -0.0590. The van der Waals surface area contributed by atoms with Gasteiger partial charge in [0.15, 0.2) is 0 Å². The van der Waals surface area contributed by atoms with Crippen LogP contribution in [0.15, 0.2) is 40.9 Å². The molecule has 5 heteroatoms. The van der Waals surface area contributed by atoms with Crippen molar-refractivity contribution in [3.63, 3.8) is 0 Å². The number of hydrogen-bond donors (Lipinski definition) is 0. The maximum Gasteiger partial charge on any atom is 0.387 e. The Morgan fingerprint density at radius 1 is 1.05 bits per heavy atom. The smallest absolute Gasteiger partial charge is 0.387 e. The molecule has 2 aromatic carbocycles. The molecule has 0 aromatic heterocycles. The van der Waals surface area contributed by atoms with E-state index >= 15 is 0 Å². The van der Waals surface area contributed by atoms with Gasteiger partial charge in [-0.05, 0) is 70.1 Å². The van der Waals surface area contributed by atoms with E-state index in [1.807, 2.05) is 13.0 Å². The normalized spacial score (nSPS) is 11.0. The molecule has 0 atom stereocenters. The predicted octanol–water partition coefficient (Wildman–Crippen LogP) is 5.54. The van der Waals surface area contributed by atoms with E-state index in [0.29, 0.717) is 10.9 Å². The topological polar surface area (TPSA) is 9.23 Å². The molecule has 0 heterocycles. The van der Waals surface area contributed by atoms with Crippen LogP contribution in [-0.2, 0) is 19.3 Å². The van der Waals surface area contributed by atoms with Gasteiger partial charge in [-0.2, -0.15) is 8.78 Å². The fourth-order valence-electron chi connectivity index (χ4n) is 2.26. The van der Waals surface area contributed by atoms with Gasteiger partial charge < -0.3 is 4.74 Å². The van der Waals surface area contributed by atoms with Gasteiger partial charge in [0.05, 0.1) is 4.47 Å². The first kappa shape index (κ1) is 16.9. The third-order valence-electron chi connectivity index (χ3n) is 3.41. The monoisotopic (exact) mass is 372 g/mol. The molecule has 2 aromatic rings. The molecule has 0 aliphatic heterocycles. The summed E-state index contributed by atoms with van der Waals surface area (Å²) in [7, 11) is 0. The fourth-order valence-corrected chi connectivity index (χ4v) is 2.69. The van der Waals surface area contributed by atoms with Crippen LogP contribution in [0.25, 0.3) is 0 Å². The standard InChI is InChI=1S/C17H16BrF3O/c1-2-13-9-11(6-8-16(13)22-17(20)21)3-4-12-5-7-15(19)14(18)10-12/h5-10,17H,2-4H2,1H3. The Kier molecular flexibility index (Phi) is 5.89. The van der Waals surface area contributed by atoms with Crippen molar-refractivity contribution in [2.45, 2.75) is 32.8 Å². The zero-order valence-corrected chi connectivity index (χ0v) is 13.7. The molecule has 0 saturated heterocycles. The SMILES string of the molecule is CCc1cc(CCc2ccc(F)c(Br)c2)ccc1OC(F)F.